The molecule has 0 fully saturated rings. The van der Waals surface area contributed by atoms with Gasteiger partial charge in [0.25, 0.3) is 0 Å². The highest BCUT2D eigenvalue weighted by Gasteiger charge is 2.21. The van der Waals surface area contributed by atoms with E-state index in [9.17, 15) is 23.5 Å². The molecule has 0 bridgehead atoms. The molecule has 1 aliphatic heterocycles. The quantitative estimate of drug-likeness (QED) is 0.655. The zero-order valence-corrected chi connectivity index (χ0v) is 16.5. The first-order valence-corrected chi connectivity index (χ1v) is 9.69. The number of rotatable bonds is 4. The zero-order valence-electron chi connectivity index (χ0n) is 15.6. The maximum atomic E-state index is 13.7. The van der Waals surface area contributed by atoms with E-state index < -0.39 is 29.0 Å². The van der Waals surface area contributed by atoms with Crippen molar-refractivity contribution in [1.29, 1.82) is 0 Å². The van der Waals surface area contributed by atoms with Crippen molar-refractivity contribution in [3.63, 3.8) is 0 Å². The number of fused-ring (bicyclic) bond motifs is 1. The van der Waals surface area contributed by atoms with Crippen LogP contribution in [0.4, 0.5) is 20.2 Å². The molecule has 3 aromatic rings. The standard InChI is InChI=1S/C21H15F2N3O3S/c1-11-14(13-4-2-3-5-16(13)24-11)9-18-20(28)26(21(29)30-18)10-19(27)25-17-7-6-12(22)8-15(17)23/h2-9,28H,10H2,1H3,(H,25,27)/b14-9+. The van der Waals surface area contributed by atoms with Crippen LogP contribution in [-0.2, 0) is 11.3 Å². The summed E-state index contributed by atoms with van der Waals surface area (Å²) >= 11 is 0.780. The lowest BCUT2D eigenvalue weighted by Crippen LogP contribution is -2.24. The Morgan fingerprint density at radius 1 is 1.27 bits per heavy atom. The Hall–Kier alpha value is -3.59. The summed E-state index contributed by atoms with van der Waals surface area (Å²) in [6, 6.07) is 10.2. The second-order valence-electron chi connectivity index (χ2n) is 6.59. The fourth-order valence-corrected chi connectivity index (χ4v) is 3.95. The van der Waals surface area contributed by atoms with Crippen LogP contribution in [-0.4, -0.2) is 21.3 Å². The van der Waals surface area contributed by atoms with E-state index in [-0.39, 0.29) is 16.4 Å². The van der Waals surface area contributed by atoms with Crippen LogP contribution in [0.15, 0.2) is 52.3 Å². The van der Waals surface area contributed by atoms with Crippen molar-refractivity contribution in [2.45, 2.75) is 13.5 Å². The molecule has 0 saturated carbocycles. The highest BCUT2D eigenvalue weighted by Crippen LogP contribution is 2.37. The van der Waals surface area contributed by atoms with Crippen LogP contribution in [0.3, 0.4) is 0 Å². The van der Waals surface area contributed by atoms with Crippen molar-refractivity contribution < 1.29 is 18.7 Å². The fourth-order valence-electron chi connectivity index (χ4n) is 3.12. The van der Waals surface area contributed by atoms with Gasteiger partial charge >= 0.3 is 4.87 Å². The smallest absolute Gasteiger partial charge is 0.311 e. The second-order valence-corrected chi connectivity index (χ2v) is 7.58. The van der Waals surface area contributed by atoms with Gasteiger partial charge in [0.15, 0.2) is 0 Å². The second kappa shape index (κ2) is 7.68. The minimum Gasteiger partial charge on any atom is -0.493 e. The third-order valence-corrected chi connectivity index (χ3v) is 5.46. The number of allylic oxidation sites excluding steroid dienone is 1. The van der Waals surface area contributed by atoms with E-state index in [1.807, 2.05) is 31.2 Å². The van der Waals surface area contributed by atoms with Gasteiger partial charge in [-0.2, -0.15) is 0 Å². The number of aromatic nitrogens is 1. The van der Waals surface area contributed by atoms with Gasteiger partial charge in [-0.25, -0.2) is 8.78 Å². The number of carbonyl (C=O) groups excluding carboxylic acids is 1. The molecule has 0 unspecified atom stereocenters. The SMILES string of the molecule is CC1=Nc2ccccc2/C1=C/c1sc(=O)n(CC(=O)Nc2ccc(F)cc2F)c1O. The van der Waals surface area contributed by atoms with Gasteiger partial charge in [-0.1, -0.05) is 29.5 Å². The van der Waals surface area contributed by atoms with Crippen LogP contribution >= 0.6 is 11.3 Å². The Bertz CT molecular complexity index is 1290. The maximum Gasteiger partial charge on any atom is 0.311 e. The largest absolute Gasteiger partial charge is 0.493 e. The van der Waals surface area contributed by atoms with Crippen molar-refractivity contribution in [2.75, 3.05) is 5.32 Å². The Morgan fingerprint density at radius 3 is 2.80 bits per heavy atom. The van der Waals surface area contributed by atoms with Gasteiger partial charge in [0.05, 0.1) is 16.3 Å². The molecule has 6 nitrogen and oxygen atoms in total. The van der Waals surface area contributed by atoms with Crippen molar-refractivity contribution >= 4 is 46.0 Å². The number of aliphatic imine (C=N–C) groups is 1. The summed E-state index contributed by atoms with van der Waals surface area (Å²) in [7, 11) is 0. The molecule has 0 spiro atoms. The van der Waals surface area contributed by atoms with E-state index in [0.29, 0.717) is 6.07 Å². The van der Waals surface area contributed by atoms with Crippen LogP contribution in [0, 0.1) is 11.6 Å². The summed E-state index contributed by atoms with van der Waals surface area (Å²) in [5.74, 6) is -2.82. The number of para-hydroxylation sites is 1. The van der Waals surface area contributed by atoms with Crippen LogP contribution in [0.25, 0.3) is 11.6 Å². The molecule has 4 rings (SSSR count). The number of hydrogen-bond acceptors (Lipinski definition) is 5. The molecule has 2 aromatic carbocycles. The van der Waals surface area contributed by atoms with Gasteiger partial charge in [0.1, 0.15) is 18.2 Å². The average Bonchev–Trinajstić information content (AvgIpc) is 3.15. The molecule has 30 heavy (non-hydrogen) atoms. The van der Waals surface area contributed by atoms with E-state index in [1.165, 1.54) is 0 Å². The Labute approximate surface area is 173 Å². The van der Waals surface area contributed by atoms with Crippen LogP contribution < -0.4 is 10.2 Å². The fraction of sp³-hybridized carbons (Fsp3) is 0.0952. The number of halogens is 2. The minimum absolute atomic E-state index is 0.221. The van der Waals surface area contributed by atoms with Crippen molar-refractivity contribution in [2.24, 2.45) is 4.99 Å². The monoisotopic (exact) mass is 427 g/mol. The number of anilines is 1. The molecule has 1 amide bonds. The topological polar surface area (TPSA) is 83.7 Å². The Balaban J connectivity index is 1.60. The summed E-state index contributed by atoms with van der Waals surface area (Å²) in [5.41, 5.74) is 2.97. The molecule has 1 aliphatic rings. The lowest BCUT2D eigenvalue weighted by atomic mass is 10.0. The highest BCUT2D eigenvalue weighted by molar-refractivity contribution is 7.10. The molecule has 9 heteroatoms. The lowest BCUT2D eigenvalue weighted by Gasteiger charge is -2.07. The first-order valence-electron chi connectivity index (χ1n) is 8.88. The predicted octanol–water partition coefficient (Wildman–Crippen LogP) is 4.18. The number of carbonyl (C=O) groups is 1. The number of nitrogens with zero attached hydrogens (tertiary/aromatic N) is 2. The molecule has 0 saturated heterocycles. The molecule has 0 aliphatic carbocycles. The molecule has 0 radical (unpaired) electrons. The highest BCUT2D eigenvalue weighted by atomic mass is 32.1. The number of hydrogen-bond donors (Lipinski definition) is 2. The van der Waals surface area contributed by atoms with E-state index in [0.717, 1.165) is 50.6 Å². The van der Waals surface area contributed by atoms with E-state index in [1.54, 1.807) is 6.08 Å². The molecular weight excluding hydrogens is 412 g/mol. The van der Waals surface area contributed by atoms with Crippen LogP contribution in [0.2, 0.25) is 0 Å². The molecule has 1 aromatic heterocycles. The summed E-state index contributed by atoms with van der Waals surface area (Å²) in [4.78, 5) is 28.7. The molecule has 0 atom stereocenters. The number of benzene rings is 2. The Kier molecular flexibility index (Phi) is 5.04. The molecule has 152 valence electrons. The van der Waals surface area contributed by atoms with Gasteiger partial charge in [-0.05, 0) is 31.2 Å². The number of thiazole rings is 1. The van der Waals surface area contributed by atoms with Crippen molar-refractivity contribution in [3.8, 4) is 5.88 Å². The minimum atomic E-state index is -0.940. The summed E-state index contributed by atoms with van der Waals surface area (Å²) < 4.78 is 27.6. The number of aromatic hydroxyl groups is 1. The lowest BCUT2D eigenvalue weighted by molar-refractivity contribution is -0.116. The third-order valence-electron chi connectivity index (χ3n) is 4.55. The Morgan fingerprint density at radius 2 is 2.03 bits per heavy atom. The van der Waals surface area contributed by atoms with Gasteiger partial charge in [-0.15, -0.1) is 0 Å². The van der Waals surface area contributed by atoms with E-state index >= 15 is 0 Å². The van der Waals surface area contributed by atoms with E-state index in [4.69, 9.17) is 0 Å². The number of amides is 1. The summed E-state index contributed by atoms with van der Waals surface area (Å²) in [5, 5.41) is 12.8. The van der Waals surface area contributed by atoms with Crippen LogP contribution in [0.5, 0.6) is 5.88 Å². The molecule has 2 heterocycles. The zero-order chi connectivity index (χ0) is 21.4. The predicted molar refractivity (Wildman–Crippen MR) is 112 cm³/mol. The van der Waals surface area contributed by atoms with Gasteiger partial charge in [0.2, 0.25) is 11.8 Å². The average molecular weight is 427 g/mol. The van der Waals surface area contributed by atoms with Gasteiger partial charge < -0.3 is 10.4 Å². The normalized spacial score (nSPS) is 14.0. The maximum absolute atomic E-state index is 13.7. The first kappa shape index (κ1) is 19.7. The summed E-state index contributed by atoms with van der Waals surface area (Å²) in [6.45, 7) is 1.30. The van der Waals surface area contributed by atoms with Crippen molar-refractivity contribution in [1.82, 2.24) is 4.57 Å². The third kappa shape index (κ3) is 3.67. The first-order chi connectivity index (χ1) is 14.3. The van der Waals surface area contributed by atoms with Crippen LogP contribution in [0.1, 0.15) is 17.4 Å². The van der Waals surface area contributed by atoms with E-state index in [2.05, 4.69) is 10.3 Å². The van der Waals surface area contributed by atoms with Gasteiger partial charge in [-0.3, -0.25) is 19.1 Å². The molecular formula is C21H15F2N3O3S. The number of nitrogens with one attached hydrogen (secondary N) is 1. The van der Waals surface area contributed by atoms with Crippen molar-refractivity contribution in [3.05, 3.63) is 74.2 Å². The molecule has 2 N–H and O–H groups in total. The van der Waals surface area contributed by atoms with Gasteiger partial charge in [0, 0.05) is 22.9 Å². The summed E-state index contributed by atoms with van der Waals surface area (Å²) in [6.07, 6.45) is 1.65.